The highest BCUT2D eigenvalue weighted by molar-refractivity contribution is 9.11. The number of halogens is 1. The average Bonchev–Trinajstić information content (AvgIpc) is 2.99. The van der Waals surface area contributed by atoms with Crippen molar-refractivity contribution in [1.82, 2.24) is 9.88 Å². The molecule has 0 bridgehead atoms. The fraction of sp³-hybridized carbons (Fsp3) is 0.417. The Morgan fingerprint density at radius 1 is 1.44 bits per heavy atom. The van der Waals surface area contributed by atoms with Gasteiger partial charge in [-0.15, -0.1) is 22.7 Å². The molecule has 2 aromatic heterocycles. The first-order valence-corrected chi connectivity index (χ1v) is 8.37. The van der Waals surface area contributed by atoms with E-state index in [4.69, 9.17) is 5.73 Å². The average molecular weight is 344 g/mol. The molecule has 0 radical (unpaired) electrons. The van der Waals surface area contributed by atoms with Crippen LogP contribution < -0.4 is 5.73 Å². The number of rotatable bonds is 5. The van der Waals surface area contributed by atoms with Crippen LogP contribution in [0.4, 0.5) is 5.13 Å². The molecule has 1 aliphatic rings. The molecule has 3 rings (SSSR count). The maximum atomic E-state index is 5.69. The Balaban J connectivity index is 1.68. The van der Waals surface area contributed by atoms with Crippen LogP contribution in [0.25, 0.3) is 0 Å². The molecular weight excluding hydrogens is 330 g/mol. The lowest BCUT2D eigenvalue weighted by Crippen LogP contribution is -2.24. The van der Waals surface area contributed by atoms with Crippen LogP contribution in [-0.4, -0.2) is 15.9 Å². The van der Waals surface area contributed by atoms with Crippen LogP contribution in [-0.2, 0) is 13.1 Å². The molecule has 0 aromatic carbocycles. The number of nitrogens with zero attached hydrogens (tertiary/aromatic N) is 2. The van der Waals surface area contributed by atoms with Crippen LogP contribution in [0.15, 0.2) is 21.4 Å². The Bertz CT molecular complexity index is 491. The summed E-state index contributed by atoms with van der Waals surface area (Å²) in [6.07, 6.45) is 4.54. The lowest BCUT2D eigenvalue weighted by molar-refractivity contribution is 0.248. The molecule has 96 valence electrons. The standard InChI is InChI=1S/C12H14BrN3S2/c13-11-3-8(7-17-11)5-16(9-1-2-9)6-10-4-15-12(14)18-10/h3-4,7,9H,1-2,5-6H2,(H2,14,15). The van der Waals surface area contributed by atoms with E-state index in [0.717, 1.165) is 19.1 Å². The lowest BCUT2D eigenvalue weighted by atomic mass is 10.3. The fourth-order valence-corrected chi connectivity index (χ4v) is 3.92. The van der Waals surface area contributed by atoms with Crippen molar-refractivity contribution >= 4 is 43.7 Å². The Morgan fingerprint density at radius 2 is 2.28 bits per heavy atom. The first kappa shape index (κ1) is 12.6. The second kappa shape index (κ2) is 5.28. The lowest BCUT2D eigenvalue weighted by Gasteiger charge is -2.20. The van der Waals surface area contributed by atoms with Gasteiger partial charge in [-0.2, -0.15) is 0 Å². The second-order valence-electron chi connectivity index (χ2n) is 4.56. The van der Waals surface area contributed by atoms with Gasteiger partial charge in [-0.05, 0) is 45.8 Å². The number of nitrogen functional groups attached to an aromatic ring is 1. The van der Waals surface area contributed by atoms with E-state index in [1.165, 1.54) is 27.1 Å². The molecule has 18 heavy (non-hydrogen) atoms. The van der Waals surface area contributed by atoms with Crippen molar-refractivity contribution in [2.75, 3.05) is 5.73 Å². The Kier molecular flexibility index (Phi) is 3.70. The zero-order valence-electron chi connectivity index (χ0n) is 9.80. The van der Waals surface area contributed by atoms with Gasteiger partial charge in [0.25, 0.3) is 0 Å². The largest absolute Gasteiger partial charge is 0.375 e. The molecule has 0 spiro atoms. The van der Waals surface area contributed by atoms with E-state index >= 15 is 0 Å². The van der Waals surface area contributed by atoms with Crippen molar-refractivity contribution in [3.63, 3.8) is 0 Å². The molecule has 2 heterocycles. The Morgan fingerprint density at radius 3 is 2.83 bits per heavy atom. The predicted molar refractivity (Wildman–Crippen MR) is 80.8 cm³/mol. The summed E-state index contributed by atoms with van der Waals surface area (Å²) >= 11 is 6.86. The molecule has 1 aliphatic carbocycles. The van der Waals surface area contributed by atoms with E-state index in [1.54, 1.807) is 22.7 Å². The van der Waals surface area contributed by atoms with E-state index in [9.17, 15) is 0 Å². The van der Waals surface area contributed by atoms with Gasteiger partial charge in [-0.3, -0.25) is 4.90 Å². The SMILES string of the molecule is Nc1ncc(CN(Cc2csc(Br)c2)C2CC2)s1. The van der Waals surface area contributed by atoms with Gasteiger partial charge in [-0.25, -0.2) is 4.98 Å². The third-order valence-electron chi connectivity index (χ3n) is 3.00. The van der Waals surface area contributed by atoms with Gasteiger partial charge in [0.1, 0.15) is 0 Å². The van der Waals surface area contributed by atoms with Gasteiger partial charge in [0.15, 0.2) is 5.13 Å². The van der Waals surface area contributed by atoms with Crippen LogP contribution >= 0.6 is 38.6 Å². The topological polar surface area (TPSA) is 42.1 Å². The van der Waals surface area contributed by atoms with E-state index in [2.05, 4.69) is 37.3 Å². The highest BCUT2D eigenvalue weighted by Gasteiger charge is 2.29. The second-order valence-corrected chi connectivity index (χ2v) is 8.00. The normalized spacial score (nSPS) is 15.4. The van der Waals surface area contributed by atoms with Gasteiger partial charge in [0.2, 0.25) is 0 Å². The minimum Gasteiger partial charge on any atom is -0.375 e. The van der Waals surface area contributed by atoms with Gasteiger partial charge >= 0.3 is 0 Å². The first-order chi connectivity index (χ1) is 8.70. The molecule has 1 fully saturated rings. The number of thiophene rings is 1. The van der Waals surface area contributed by atoms with Gasteiger partial charge in [-0.1, -0.05) is 0 Å². The number of anilines is 1. The number of aromatic nitrogens is 1. The van der Waals surface area contributed by atoms with Crippen LogP contribution in [0.1, 0.15) is 23.3 Å². The van der Waals surface area contributed by atoms with Crippen molar-refractivity contribution in [2.45, 2.75) is 32.0 Å². The van der Waals surface area contributed by atoms with Crippen molar-refractivity contribution in [3.8, 4) is 0 Å². The number of hydrogen-bond acceptors (Lipinski definition) is 5. The smallest absolute Gasteiger partial charge is 0.180 e. The molecule has 0 saturated heterocycles. The fourth-order valence-electron chi connectivity index (χ4n) is 2.01. The quantitative estimate of drug-likeness (QED) is 0.899. The molecule has 6 heteroatoms. The molecule has 2 aromatic rings. The van der Waals surface area contributed by atoms with Crippen molar-refractivity contribution in [2.24, 2.45) is 0 Å². The summed E-state index contributed by atoms with van der Waals surface area (Å²) in [5.74, 6) is 0. The summed E-state index contributed by atoms with van der Waals surface area (Å²) in [6, 6.07) is 2.95. The first-order valence-electron chi connectivity index (χ1n) is 5.88. The van der Waals surface area contributed by atoms with Crippen molar-refractivity contribution in [1.29, 1.82) is 0 Å². The summed E-state index contributed by atoms with van der Waals surface area (Å²) in [5.41, 5.74) is 7.07. The molecule has 2 N–H and O–H groups in total. The molecule has 3 nitrogen and oxygen atoms in total. The summed E-state index contributed by atoms with van der Waals surface area (Å²) in [5, 5.41) is 2.89. The molecule has 0 aliphatic heterocycles. The van der Waals surface area contributed by atoms with E-state index in [1.807, 2.05) is 6.20 Å². The highest BCUT2D eigenvalue weighted by atomic mass is 79.9. The van der Waals surface area contributed by atoms with Crippen LogP contribution in [0.3, 0.4) is 0 Å². The van der Waals surface area contributed by atoms with Crippen LogP contribution in [0.5, 0.6) is 0 Å². The predicted octanol–water partition coefficient (Wildman–Crippen LogP) is 3.71. The summed E-state index contributed by atoms with van der Waals surface area (Å²) in [7, 11) is 0. The molecular formula is C12H14BrN3S2. The molecule has 0 unspecified atom stereocenters. The summed E-state index contributed by atoms with van der Waals surface area (Å²) < 4.78 is 1.20. The van der Waals surface area contributed by atoms with Crippen molar-refractivity contribution < 1.29 is 0 Å². The molecule has 0 amide bonds. The zero-order valence-corrected chi connectivity index (χ0v) is 13.0. The highest BCUT2D eigenvalue weighted by Crippen LogP contribution is 2.32. The summed E-state index contributed by atoms with van der Waals surface area (Å²) in [4.78, 5) is 7.91. The third kappa shape index (κ3) is 3.12. The maximum absolute atomic E-state index is 5.69. The maximum Gasteiger partial charge on any atom is 0.180 e. The van der Waals surface area contributed by atoms with Gasteiger partial charge in [0.05, 0.1) is 3.79 Å². The van der Waals surface area contributed by atoms with Gasteiger partial charge < -0.3 is 5.73 Å². The van der Waals surface area contributed by atoms with Crippen LogP contribution in [0, 0.1) is 0 Å². The number of hydrogen-bond donors (Lipinski definition) is 1. The third-order valence-corrected chi connectivity index (χ3v) is 5.37. The van der Waals surface area contributed by atoms with Crippen molar-refractivity contribution in [3.05, 3.63) is 31.9 Å². The van der Waals surface area contributed by atoms with Gasteiger partial charge in [0, 0.05) is 30.2 Å². The zero-order chi connectivity index (χ0) is 12.5. The summed E-state index contributed by atoms with van der Waals surface area (Å²) in [6.45, 7) is 1.98. The van der Waals surface area contributed by atoms with E-state index < -0.39 is 0 Å². The Hall–Kier alpha value is -0.430. The minimum atomic E-state index is 0.666. The van der Waals surface area contributed by atoms with Crippen LogP contribution in [0.2, 0.25) is 0 Å². The molecule has 1 saturated carbocycles. The van der Waals surface area contributed by atoms with E-state index in [-0.39, 0.29) is 0 Å². The number of nitrogens with two attached hydrogens (primary N) is 1. The minimum absolute atomic E-state index is 0.666. The molecule has 0 atom stereocenters. The monoisotopic (exact) mass is 343 g/mol. The van der Waals surface area contributed by atoms with E-state index in [0.29, 0.717) is 5.13 Å². The Labute approximate surface area is 123 Å². The number of thiazole rings is 1.